The Hall–Kier alpha value is -1.17. The van der Waals surface area contributed by atoms with Crippen LogP contribution in [0.4, 0.5) is 8.78 Å². The lowest BCUT2D eigenvalue weighted by atomic mass is 10.3. The molecule has 1 aromatic rings. The third-order valence-corrected chi connectivity index (χ3v) is 2.13. The summed E-state index contributed by atoms with van der Waals surface area (Å²) in [6.45, 7) is 2.89. The fraction of sp³-hybridized carbons (Fsp3) is 0.364. The van der Waals surface area contributed by atoms with Crippen LogP contribution in [0.2, 0.25) is 0 Å². The largest absolute Gasteiger partial charge is 0.479 e. The highest BCUT2D eigenvalue weighted by Crippen LogP contribution is 2.25. The number of ether oxygens (including phenoxy) is 2. The fourth-order valence-electron chi connectivity index (χ4n) is 1.07. The Bertz CT molecular complexity index is 421. The molecule has 0 aliphatic carbocycles. The maximum absolute atomic E-state index is 13.2. The second-order valence-corrected chi connectivity index (χ2v) is 4.44. The van der Waals surface area contributed by atoms with Gasteiger partial charge in [0, 0.05) is 4.47 Å². The van der Waals surface area contributed by atoms with E-state index in [0.717, 1.165) is 6.07 Å². The van der Waals surface area contributed by atoms with Crippen molar-refractivity contribution in [2.75, 3.05) is 6.61 Å². The van der Waals surface area contributed by atoms with Crippen LogP contribution >= 0.6 is 15.9 Å². The van der Waals surface area contributed by atoms with E-state index in [1.54, 1.807) is 13.8 Å². The average molecular weight is 309 g/mol. The maximum Gasteiger partial charge on any atom is 0.344 e. The van der Waals surface area contributed by atoms with Gasteiger partial charge in [-0.25, -0.2) is 9.18 Å². The minimum Gasteiger partial charge on any atom is -0.479 e. The monoisotopic (exact) mass is 308 g/mol. The molecule has 0 fully saturated rings. The Morgan fingerprint density at radius 1 is 1.41 bits per heavy atom. The second kappa shape index (κ2) is 5.95. The van der Waals surface area contributed by atoms with Crippen molar-refractivity contribution >= 4 is 21.9 Å². The molecular formula is C11H11BrF2O3. The number of carbonyl (C=O) groups is 1. The Morgan fingerprint density at radius 2 is 2.06 bits per heavy atom. The predicted molar refractivity (Wildman–Crippen MR) is 60.8 cm³/mol. The van der Waals surface area contributed by atoms with Crippen molar-refractivity contribution in [2.24, 2.45) is 0 Å². The summed E-state index contributed by atoms with van der Waals surface area (Å²) < 4.78 is 36.1. The van der Waals surface area contributed by atoms with Gasteiger partial charge in [-0.2, -0.15) is 4.39 Å². The zero-order valence-corrected chi connectivity index (χ0v) is 10.9. The SMILES string of the molecule is CC(C)OC(=O)COc1cc(Br)cc(F)c1F. The van der Waals surface area contributed by atoms with Crippen LogP contribution in [0.3, 0.4) is 0 Å². The second-order valence-electron chi connectivity index (χ2n) is 3.53. The molecule has 0 saturated carbocycles. The van der Waals surface area contributed by atoms with Crippen molar-refractivity contribution < 1.29 is 23.0 Å². The minimum atomic E-state index is -1.13. The first-order valence-electron chi connectivity index (χ1n) is 4.87. The lowest BCUT2D eigenvalue weighted by molar-refractivity contribution is -0.149. The molecule has 0 unspecified atom stereocenters. The Morgan fingerprint density at radius 3 is 2.65 bits per heavy atom. The normalized spacial score (nSPS) is 10.5. The highest BCUT2D eigenvalue weighted by molar-refractivity contribution is 9.10. The van der Waals surface area contributed by atoms with Crippen LogP contribution in [0.1, 0.15) is 13.8 Å². The van der Waals surface area contributed by atoms with Crippen LogP contribution < -0.4 is 4.74 Å². The molecule has 0 radical (unpaired) electrons. The number of hydrogen-bond acceptors (Lipinski definition) is 3. The number of hydrogen-bond donors (Lipinski definition) is 0. The molecule has 0 amide bonds. The zero-order chi connectivity index (χ0) is 13.0. The number of esters is 1. The molecule has 94 valence electrons. The van der Waals surface area contributed by atoms with Gasteiger partial charge in [0.2, 0.25) is 5.82 Å². The van der Waals surface area contributed by atoms with E-state index in [9.17, 15) is 13.6 Å². The Kier molecular flexibility index (Phi) is 4.86. The van der Waals surface area contributed by atoms with Crippen molar-refractivity contribution in [3.8, 4) is 5.75 Å². The van der Waals surface area contributed by atoms with Crippen molar-refractivity contribution in [1.82, 2.24) is 0 Å². The van der Waals surface area contributed by atoms with E-state index >= 15 is 0 Å². The molecule has 1 rings (SSSR count). The summed E-state index contributed by atoms with van der Waals surface area (Å²) in [5.41, 5.74) is 0. The van der Waals surface area contributed by atoms with Gasteiger partial charge in [-0.05, 0) is 26.0 Å². The van der Waals surface area contributed by atoms with E-state index in [-0.39, 0.29) is 11.9 Å². The Labute approximate surface area is 106 Å². The first kappa shape index (κ1) is 13.9. The summed E-state index contributed by atoms with van der Waals surface area (Å²) in [5, 5.41) is 0. The standard InChI is InChI=1S/C11H11BrF2O3/c1-6(2)17-10(15)5-16-9-4-7(12)3-8(13)11(9)14/h3-4,6H,5H2,1-2H3. The van der Waals surface area contributed by atoms with E-state index in [4.69, 9.17) is 9.47 Å². The molecule has 0 saturated heterocycles. The third kappa shape index (κ3) is 4.30. The van der Waals surface area contributed by atoms with Crippen molar-refractivity contribution in [2.45, 2.75) is 20.0 Å². The average Bonchev–Trinajstić information content (AvgIpc) is 2.20. The van der Waals surface area contributed by atoms with Gasteiger partial charge in [0.1, 0.15) is 0 Å². The molecule has 1 aromatic carbocycles. The quantitative estimate of drug-likeness (QED) is 0.633. The van der Waals surface area contributed by atoms with E-state index < -0.39 is 24.2 Å². The molecule has 0 heterocycles. The molecule has 6 heteroatoms. The van der Waals surface area contributed by atoms with Crippen molar-refractivity contribution in [1.29, 1.82) is 0 Å². The lowest BCUT2D eigenvalue weighted by Crippen LogP contribution is -2.19. The summed E-state index contributed by atoms with van der Waals surface area (Å²) in [5.74, 6) is -3.16. The molecule has 0 N–H and O–H groups in total. The van der Waals surface area contributed by atoms with Crippen molar-refractivity contribution in [3.05, 3.63) is 28.2 Å². The molecule has 0 atom stereocenters. The van der Waals surface area contributed by atoms with Gasteiger partial charge in [0.05, 0.1) is 6.10 Å². The number of carbonyl (C=O) groups excluding carboxylic acids is 1. The van der Waals surface area contributed by atoms with Crippen LogP contribution in [0, 0.1) is 11.6 Å². The summed E-state index contributed by atoms with van der Waals surface area (Å²) in [4.78, 5) is 11.1. The maximum atomic E-state index is 13.2. The summed E-state index contributed by atoms with van der Waals surface area (Å²) >= 11 is 2.99. The van der Waals surface area contributed by atoms with Crippen LogP contribution in [0.25, 0.3) is 0 Å². The smallest absolute Gasteiger partial charge is 0.344 e. The molecule has 0 aliphatic heterocycles. The molecule has 0 bridgehead atoms. The van der Waals surface area contributed by atoms with Crippen molar-refractivity contribution in [3.63, 3.8) is 0 Å². The lowest BCUT2D eigenvalue weighted by Gasteiger charge is -2.10. The van der Waals surface area contributed by atoms with E-state index in [2.05, 4.69) is 15.9 Å². The molecular weight excluding hydrogens is 298 g/mol. The number of halogens is 3. The van der Waals surface area contributed by atoms with Gasteiger partial charge in [-0.1, -0.05) is 15.9 Å². The molecule has 3 nitrogen and oxygen atoms in total. The van der Waals surface area contributed by atoms with Gasteiger partial charge >= 0.3 is 5.97 Å². The highest BCUT2D eigenvalue weighted by Gasteiger charge is 2.13. The molecule has 17 heavy (non-hydrogen) atoms. The molecule has 0 spiro atoms. The summed E-state index contributed by atoms with van der Waals surface area (Å²) in [7, 11) is 0. The predicted octanol–water partition coefficient (Wildman–Crippen LogP) is 3.06. The highest BCUT2D eigenvalue weighted by atomic mass is 79.9. The number of benzene rings is 1. The van der Waals surface area contributed by atoms with Gasteiger partial charge < -0.3 is 9.47 Å². The third-order valence-electron chi connectivity index (χ3n) is 1.67. The molecule has 0 aromatic heterocycles. The zero-order valence-electron chi connectivity index (χ0n) is 9.30. The number of rotatable bonds is 4. The minimum absolute atomic E-state index is 0.282. The van der Waals surface area contributed by atoms with E-state index in [1.807, 2.05) is 0 Å². The van der Waals surface area contributed by atoms with Crippen LogP contribution in [-0.2, 0) is 9.53 Å². The summed E-state index contributed by atoms with van der Waals surface area (Å²) in [6, 6.07) is 2.20. The van der Waals surface area contributed by atoms with E-state index in [0.29, 0.717) is 4.47 Å². The van der Waals surface area contributed by atoms with Crippen LogP contribution in [0.15, 0.2) is 16.6 Å². The van der Waals surface area contributed by atoms with Gasteiger partial charge in [-0.3, -0.25) is 0 Å². The summed E-state index contributed by atoms with van der Waals surface area (Å²) in [6.07, 6.45) is -0.282. The van der Waals surface area contributed by atoms with Gasteiger partial charge in [0.25, 0.3) is 0 Å². The van der Waals surface area contributed by atoms with Gasteiger partial charge in [0.15, 0.2) is 18.2 Å². The fourth-order valence-corrected chi connectivity index (χ4v) is 1.48. The molecule has 0 aliphatic rings. The topological polar surface area (TPSA) is 35.5 Å². The van der Waals surface area contributed by atoms with Crippen LogP contribution in [0.5, 0.6) is 5.75 Å². The Balaban J connectivity index is 2.66. The van der Waals surface area contributed by atoms with Crippen LogP contribution in [-0.4, -0.2) is 18.7 Å². The first-order chi connectivity index (χ1) is 7.90. The van der Waals surface area contributed by atoms with E-state index in [1.165, 1.54) is 6.07 Å². The van der Waals surface area contributed by atoms with Gasteiger partial charge in [-0.15, -0.1) is 0 Å². The first-order valence-corrected chi connectivity index (χ1v) is 5.66.